The minimum absolute atomic E-state index is 0.183. The number of hydrogen-bond acceptors (Lipinski definition) is 4. The molecule has 0 heterocycles. The monoisotopic (exact) mass is 264 g/mol. The number of para-hydroxylation sites is 1. The molecular weight excluding hydrogens is 244 g/mol. The molecule has 1 amide bonds. The average molecular weight is 264 g/mol. The van der Waals surface area contributed by atoms with E-state index in [-0.39, 0.29) is 24.8 Å². The summed E-state index contributed by atoms with van der Waals surface area (Å²) >= 11 is 0. The molecule has 0 atom stereocenters. The summed E-state index contributed by atoms with van der Waals surface area (Å²) in [6.07, 6.45) is 0.183. The molecule has 0 aliphatic rings. The molecule has 0 spiro atoms. The Morgan fingerprint density at radius 1 is 1.21 bits per heavy atom. The lowest BCUT2D eigenvalue weighted by molar-refractivity contribution is -0.142. The van der Waals surface area contributed by atoms with Crippen molar-refractivity contribution in [3.63, 3.8) is 0 Å². The van der Waals surface area contributed by atoms with Crippen molar-refractivity contribution >= 4 is 17.6 Å². The predicted molar refractivity (Wildman–Crippen MR) is 74.2 cm³/mol. The maximum Gasteiger partial charge on any atom is 0.307 e. The van der Waals surface area contributed by atoms with E-state index in [2.05, 4.69) is 10.6 Å². The van der Waals surface area contributed by atoms with E-state index in [1.54, 1.807) is 19.1 Å². The minimum atomic E-state index is -0.303. The number of anilines is 1. The molecule has 1 rings (SSSR count). The normalized spacial score (nSPS) is 9.79. The highest BCUT2D eigenvalue weighted by Gasteiger charge is 2.10. The van der Waals surface area contributed by atoms with Gasteiger partial charge in [-0.15, -0.1) is 0 Å². The van der Waals surface area contributed by atoms with Gasteiger partial charge in [-0.25, -0.2) is 0 Å². The second kappa shape index (κ2) is 8.13. The highest BCUT2D eigenvalue weighted by molar-refractivity contribution is 5.99. The zero-order valence-corrected chi connectivity index (χ0v) is 11.4. The van der Waals surface area contributed by atoms with Gasteiger partial charge in [0, 0.05) is 18.8 Å². The van der Waals surface area contributed by atoms with Gasteiger partial charge in [0.05, 0.1) is 18.6 Å². The van der Waals surface area contributed by atoms with Crippen molar-refractivity contribution in [1.29, 1.82) is 0 Å². The predicted octanol–water partition coefficient (Wildman–Crippen LogP) is 1.80. The molecule has 1 aromatic carbocycles. The lowest BCUT2D eigenvalue weighted by Gasteiger charge is -2.10. The number of ether oxygens (including phenoxy) is 1. The van der Waals surface area contributed by atoms with E-state index in [9.17, 15) is 9.59 Å². The lowest BCUT2D eigenvalue weighted by atomic mass is 10.1. The van der Waals surface area contributed by atoms with Gasteiger partial charge in [-0.1, -0.05) is 12.1 Å². The van der Waals surface area contributed by atoms with Gasteiger partial charge in [-0.05, 0) is 26.0 Å². The Morgan fingerprint density at radius 2 is 1.95 bits per heavy atom. The molecule has 1 aromatic rings. The third kappa shape index (κ3) is 4.99. The lowest BCUT2D eigenvalue weighted by Crippen LogP contribution is -2.27. The van der Waals surface area contributed by atoms with E-state index in [4.69, 9.17) is 4.74 Å². The molecule has 0 aliphatic carbocycles. The topological polar surface area (TPSA) is 67.4 Å². The van der Waals surface area contributed by atoms with Gasteiger partial charge >= 0.3 is 5.97 Å². The first-order valence-electron chi connectivity index (χ1n) is 6.45. The highest BCUT2D eigenvalue weighted by atomic mass is 16.5. The van der Waals surface area contributed by atoms with Crippen molar-refractivity contribution in [3.05, 3.63) is 29.8 Å². The Bertz CT molecular complexity index is 432. The maximum absolute atomic E-state index is 12.0. The average Bonchev–Trinajstić information content (AvgIpc) is 2.40. The summed E-state index contributed by atoms with van der Waals surface area (Å²) in [4.78, 5) is 23.1. The van der Waals surface area contributed by atoms with Crippen molar-refractivity contribution in [2.45, 2.75) is 20.3 Å². The first kappa shape index (κ1) is 15.0. The van der Waals surface area contributed by atoms with Gasteiger partial charge in [-0.3, -0.25) is 9.59 Å². The van der Waals surface area contributed by atoms with Gasteiger partial charge in [0.15, 0.2) is 0 Å². The van der Waals surface area contributed by atoms with Crippen LogP contribution in [0.2, 0.25) is 0 Å². The zero-order chi connectivity index (χ0) is 14.1. The van der Waals surface area contributed by atoms with E-state index in [1.807, 2.05) is 19.1 Å². The molecule has 0 bridgehead atoms. The van der Waals surface area contributed by atoms with Gasteiger partial charge in [0.25, 0.3) is 5.91 Å². The van der Waals surface area contributed by atoms with Crippen LogP contribution in [0.3, 0.4) is 0 Å². The maximum atomic E-state index is 12.0. The molecule has 0 fully saturated rings. The van der Waals surface area contributed by atoms with Crippen molar-refractivity contribution in [2.24, 2.45) is 0 Å². The van der Waals surface area contributed by atoms with Crippen LogP contribution >= 0.6 is 0 Å². The Morgan fingerprint density at radius 3 is 2.63 bits per heavy atom. The summed E-state index contributed by atoms with van der Waals surface area (Å²) in [5.74, 6) is -0.497. The number of esters is 1. The third-order valence-electron chi connectivity index (χ3n) is 2.46. The van der Waals surface area contributed by atoms with Crippen molar-refractivity contribution in [3.8, 4) is 0 Å². The molecule has 104 valence electrons. The Balaban J connectivity index is 2.51. The first-order valence-corrected chi connectivity index (χ1v) is 6.45. The summed E-state index contributed by atoms with van der Waals surface area (Å²) in [7, 11) is 0. The molecule has 0 radical (unpaired) electrons. The number of carbonyl (C=O) groups is 2. The van der Waals surface area contributed by atoms with Crippen LogP contribution in [0, 0.1) is 0 Å². The number of nitrogens with one attached hydrogen (secondary N) is 2. The Kier molecular flexibility index (Phi) is 6.43. The highest BCUT2D eigenvalue weighted by Crippen LogP contribution is 2.14. The third-order valence-corrected chi connectivity index (χ3v) is 2.46. The van der Waals surface area contributed by atoms with E-state index in [1.165, 1.54) is 0 Å². The second-order valence-corrected chi connectivity index (χ2v) is 3.89. The van der Waals surface area contributed by atoms with Crippen LogP contribution in [-0.2, 0) is 9.53 Å². The fourth-order valence-electron chi connectivity index (χ4n) is 1.63. The SMILES string of the molecule is CCNc1ccccc1C(=O)NCCC(=O)OCC. The van der Waals surface area contributed by atoms with Gasteiger partial charge in [0.1, 0.15) is 0 Å². The van der Waals surface area contributed by atoms with Crippen LogP contribution in [0.1, 0.15) is 30.6 Å². The molecule has 5 heteroatoms. The van der Waals surface area contributed by atoms with E-state index >= 15 is 0 Å². The number of hydrogen-bond donors (Lipinski definition) is 2. The van der Waals surface area contributed by atoms with Gasteiger partial charge < -0.3 is 15.4 Å². The smallest absolute Gasteiger partial charge is 0.307 e. The molecule has 0 unspecified atom stereocenters. The van der Waals surface area contributed by atoms with Crippen LogP contribution < -0.4 is 10.6 Å². The Labute approximate surface area is 113 Å². The molecule has 2 N–H and O–H groups in total. The van der Waals surface area contributed by atoms with E-state index < -0.39 is 0 Å². The minimum Gasteiger partial charge on any atom is -0.466 e. The van der Waals surface area contributed by atoms with Crippen molar-refractivity contribution < 1.29 is 14.3 Å². The first-order chi connectivity index (χ1) is 9.19. The molecule has 0 aromatic heterocycles. The van der Waals surface area contributed by atoms with Crippen molar-refractivity contribution in [1.82, 2.24) is 5.32 Å². The number of rotatable bonds is 7. The van der Waals surface area contributed by atoms with Gasteiger partial charge in [-0.2, -0.15) is 0 Å². The number of benzene rings is 1. The summed E-state index contributed by atoms with van der Waals surface area (Å²) < 4.78 is 4.79. The molecular formula is C14H20N2O3. The fraction of sp³-hybridized carbons (Fsp3) is 0.429. The summed E-state index contributed by atoms with van der Waals surface area (Å²) in [5.41, 5.74) is 1.37. The largest absolute Gasteiger partial charge is 0.466 e. The van der Waals surface area contributed by atoms with Crippen LogP contribution in [0.15, 0.2) is 24.3 Å². The Hall–Kier alpha value is -2.04. The molecule has 0 saturated carbocycles. The van der Waals surface area contributed by atoms with Crippen molar-refractivity contribution in [2.75, 3.05) is 25.0 Å². The second-order valence-electron chi connectivity index (χ2n) is 3.89. The number of amides is 1. The molecule has 19 heavy (non-hydrogen) atoms. The van der Waals surface area contributed by atoms with Crippen LogP contribution in [-0.4, -0.2) is 31.6 Å². The van der Waals surface area contributed by atoms with E-state index in [0.29, 0.717) is 12.2 Å². The quantitative estimate of drug-likeness (QED) is 0.737. The summed E-state index contributed by atoms with van der Waals surface area (Å²) in [5, 5.41) is 5.83. The fourth-order valence-corrected chi connectivity index (χ4v) is 1.63. The number of carbonyl (C=O) groups excluding carboxylic acids is 2. The molecule has 0 saturated heterocycles. The summed E-state index contributed by atoms with van der Waals surface area (Å²) in [6.45, 7) is 5.10. The van der Waals surface area contributed by atoms with Crippen LogP contribution in [0.5, 0.6) is 0 Å². The molecule has 0 aliphatic heterocycles. The van der Waals surface area contributed by atoms with E-state index in [0.717, 1.165) is 12.2 Å². The van der Waals surface area contributed by atoms with Crippen LogP contribution in [0.4, 0.5) is 5.69 Å². The van der Waals surface area contributed by atoms with Crippen LogP contribution in [0.25, 0.3) is 0 Å². The zero-order valence-electron chi connectivity index (χ0n) is 11.4. The summed E-state index contributed by atoms with van der Waals surface area (Å²) in [6, 6.07) is 7.27. The molecule has 5 nitrogen and oxygen atoms in total. The van der Waals surface area contributed by atoms with Gasteiger partial charge in [0.2, 0.25) is 0 Å². The standard InChI is InChI=1S/C14H20N2O3/c1-3-15-12-8-6-5-7-11(12)14(18)16-10-9-13(17)19-4-2/h5-8,15H,3-4,9-10H2,1-2H3,(H,16,18).